The quantitative estimate of drug-likeness (QED) is 0.510. The van der Waals surface area contributed by atoms with E-state index >= 15 is 0 Å². The molecule has 0 saturated heterocycles. The van der Waals surface area contributed by atoms with E-state index in [-0.39, 0.29) is 0 Å². The average molecular weight is 172 g/mol. The molecule has 0 aliphatic carbocycles. The van der Waals surface area contributed by atoms with Gasteiger partial charge in [0, 0.05) is 5.75 Å². The van der Waals surface area contributed by atoms with Crippen LogP contribution in [0.15, 0.2) is 30.3 Å². The lowest BCUT2D eigenvalue weighted by Gasteiger charge is -1.97. The molecule has 0 heterocycles. The van der Waals surface area contributed by atoms with Crippen molar-refractivity contribution in [2.24, 2.45) is 0 Å². The summed E-state index contributed by atoms with van der Waals surface area (Å²) in [6, 6.07) is 9.81. The van der Waals surface area contributed by atoms with Crippen LogP contribution in [0.4, 0.5) is 4.39 Å². The number of hydrogen-bond acceptors (Lipinski definition) is 2. The van der Waals surface area contributed by atoms with Gasteiger partial charge in [0.1, 0.15) is 0 Å². The minimum absolute atomic E-state index is 0.699. The van der Waals surface area contributed by atoms with Gasteiger partial charge in [0.2, 0.25) is 6.86 Å². The zero-order chi connectivity index (χ0) is 7.94. The van der Waals surface area contributed by atoms with E-state index in [1.165, 1.54) is 0 Å². The molecule has 0 amide bonds. The van der Waals surface area contributed by atoms with E-state index in [1.54, 1.807) is 0 Å². The topological polar surface area (TPSA) is 9.23 Å². The molecule has 0 aliphatic rings. The Hall–Kier alpha value is -0.540. The second-order valence-corrected chi connectivity index (χ2v) is 2.73. The zero-order valence-corrected chi connectivity index (χ0v) is 6.81. The van der Waals surface area contributed by atoms with Crippen LogP contribution in [0.5, 0.6) is 0 Å². The highest BCUT2D eigenvalue weighted by molar-refractivity contribution is 7.93. The van der Waals surface area contributed by atoms with Crippen LogP contribution < -0.4 is 0 Å². The molecule has 1 aromatic carbocycles. The van der Waals surface area contributed by atoms with Gasteiger partial charge in [0.15, 0.2) is 0 Å². The first-order chi connectivity index (χ1) is 5.43. The van der Waals surface area contributed by atoms with Gasteiger partial charge < -0.3 is 0 Å². The minimum Gasteiger partial charge on any atom is -0.282 e. The summed E-state index contributed by atoms with van der Waals surface area (Å²) in [5.74, 6) is 0.699. The third-order valence-corrected chi connectivity index (χ3v) is 1.90. The maximum atomic E-state index is 11.5. The van der Waals surface area contributed by atoms with Crippen molar-refractivity contribution in [3.8, 4) is 0 Å². The van der Waals surface area contributed by atoms with Crippen LogP contribution in [0.1, 0.15) is 5.56 Å². The molecule has 0 spiro atoms. The molecule has 0 unspecified atom stereocenters. The van der Waals surface area contributed by atoms with Crippen LogP contribution >= 0.6 is 12.0 Å². The standard InChI is InChI=1S/C8H9FOS/c9-7-10-11-6-8-4-2-1-3-5-8/h1-5H,6-7H2. The fraction of sp³-hybridized carbons (Fsp3) is 0.250. The van der Waals surface area contributed by atoms with Crippen molar-refractivity contribution < 1.29 is 8.57 Å². The van der Waals surface area contributed by atoms with Crippen LogP contribution in [-0.2, 0) is 9.94 Å². The summed E-state index contributed by atoms with van der Waals surface area (Å²) in [4.78, 5) is 0. The summed E-state index contributed by atoms with van der Waals surface area (Å²) in [7, 11) is 0. The molecular formula is C8H9FOS. The Kier molecular flexibility index (Phi) is 4.01. The van der Waals surface area contributed by atoms with Crippen molar-refractivity contribution >= 4 is 12.0 Å². The first-order valence-corrected chi connectivity index (χ1v) is 4.19. The monoisotopic (exact) mass is 172 g/mol. The van der Waals surface area contributed by atoms with Crippen molar-refractivity contribution in [2.75, 3.05) is 6.86 Å². The number of hydrogen-bond donors (Lipinski definition) is 0. The Morgan fingerprint density at radius 1 is 1.27 bits per heavy atom. The predicted octanol–water partition coefficient (Wildman–Crippen LogP) is 2.78. The SMILES string of the molecule is FCOSCc1ccccc1. The molecule has 0 aromatic heterocycles. The second kappa shape index (κ2) is 5.16. The number of alkyl halides is 1. The van der Waals surface area contributed by atoms with Crippen LogP contribution in [0, 0.1) is 0 Å². The molecule has 0 bridgehead atoms. The maximum absolute atomic E-state index is 11.5. The van der Waals surface area contributed by atoms with Crippen molar-refractivity contribution in [3.05, 3.63) is 35.9 Å². The van der Waals surface area contributed by atoms with E-state index in [2.05, 4.69) is 4.18 Å². The van der Waals surface area contributed by atoms with Gasteiger partial charge in [-0.3, -0.25) is 4.18 Å². The molecule has 0 radical (unpaired) electrons. The molecule has 0 fully saturated rings. The molecule has 11 heavy (non-hydrogen) atoms. The molecule has 0 N–H and O–H groups in total. The van der Waals surface area contributed by atoms with Gasteiger partial charge in [-0.25, -0.2) is 4.39 Å². The van der Waals surface area contributed by atoms with E-state index in [9.17, 15) is 4.39 Å². The van der Waals surface area contributed by atoms with Crippen LogP contribution in [0.2, 0.25) is 0 Å². The van der Waals surface area contributed by atoms with Gasteiger partial charge in [-0.15, -0.1) is 0 Å². The summed E-state index contributed by atoms with van der Waals surface area (Å²) >= 11 is 1.13. The summed E-state index contributed by atoms with van der Waals surface area (Å²) in [5.41, 5.74) is 1.14. The first-order valence-electron chi connectivity index (χ1n) is 3.28. The Labute approximate surface area is 69.8 Å². The van der Waals surface area contributed by atoms with Crippen molar-refractivity contribution in [1.29, 1.82) is 0 Å². The first kappa shape index (κ1) is 8.56. The second-order valence-electron chi connectivity index (χ2n) is 1.97. The third kappa shape index (κ3) is 3.39. The molecular weight excluding hydrogens is 163 g/mol. The molecule has 0 aliphatic heterocycles. The number of benzene rings is 1. The number of halogens is 1. The highest BCUT2D eigenvalue weighted by atomic mass is 32.2. The smallest absolute Gasteiger partial charge is 0.201 e. The van der Waals surface area contributed by atoms with Gasteiger partial charge in [-0.05, 0) is 17.6 Å². The van der Waals surface area contributed by atoms with E-state index in [4.69, 9.17) is 0 Å². The van der Waals surface area contributed by atoms with Crippen molar-refractivity contribution in [1.82, 2.24) is 0 Å². The Bertz CT molecular complexity index is 191. The van der Waals surface area contributed by atoms with Gasteiger partial charge in [-0.2, -0.15) is 0 Å². The lowest BCUT2D eigenvalue weighted by Crippen LogP contribution is -1.80. The number of rotatable bonds is 4. The zero-order valence-electron chi connectivity index (χ0n) is 6.00. The molecule has 1 nitrogen and oxygen atoms in total. The summed E-state index contributed by atoms with van der Waals surface area (Å²) < 4.78 is 15.9. The van der Waals surface area contributed by atoms with E-state index in [0.29, 0.717) is 5.75 Å². The van der Waals surface area contributed by atoms with E-state index < -0.39 is 6.86 Å². The summed E-state index contributed by atoms with van der Waals surface area (Å²) in [6.07, 6.45) is 0. The molecule has 0 atom stereocenters. The fourth-order valence-electron chi connectivity index (χ4n) is 0.715. The molecule has 1 rings (SSSR count). The largest absolute Gasteiger partial charge is 0.282 e. The van der Waals surface area contributed by atoms with Crippen LogP contribution in [0.3, 0.4) is 0 Å². The lowest BCUT2D eigenvalue weighted by atomic mass is 10.2. The highest BCUT2D eigenvalue weighted by Crippen LogP contribution is 2.12. The third-order valence-electron chi connectivity index (χ3n) is 1.20. The normalized spacial score (nSPS) is 9.91. The molecule has 1 aromatic rings. The van der Waals surface area contributed by atoms with Gasteiger partial charge >= 0.3 is 0 Å². The van der Waals surface area contributed by atoms with Crippen molar-refractivity contribution in [2.45, 2.75) is 5.75 Å². The Morgan fingerprint density at radius 2 is 2.00 bits per heavy atom. The van der Waals surface area contributed by atoms with E-state index in [0.717, 1.165) is 17.6 Å². The molecule has 60 valence electrons. The fourth-order valence-corrected chi connectivity index (χ4v) is 1.19. The average Bonchev–Trinajstić information content (AvgIpc) is 2.07. The van der Waals surface area contributed by atoms with Crippen LogP contribution in [-0.4, -0.2) is 6.86 Å². The molecule has 3 heteroatoms. The Balaban J connectivity index is 2.28. The lowest BCUT2D eigenvalue weighted by molar-refractivity contribution is 0.225. The summed E-state index contributed by atoms with van der Waals surface area (Å²) in [6.45, 7) is -0.725. The maximum Gasteiger partial charge on any atom is 0.201 e. The predicted molar refractivity (Wildman–Crippen MR) is 44.8 cm³/mol. The highest BCUT2D eigenvalue weighted by Gasteiger charge is 1.90. The molecule has 0 saturated carbocycles. The van der Waals surface area contributed by atoms with Gasteiger partial charge in [-0.1, -0.05) is 30.3 Å². The van der Waals surface area contributed by atoms with Gasteiger partial charge in [0.25, 0.3) is 0 Å². The van der Waals surface area contributed by atoms with Gasteiger partial charge in [0.05, 0.1) is 0 Å². The van der Waals surface area contributed by atoms with Crippen molar-refractivity contribution in [3.63, 3.8) is 0 Å². The van der Waals surface area contributed by atoms with Crippen LogP contribution in [0.25, 0.3) is 0 Å². The Morgan fingerprint density at radius 3 is 2.64 bits per heavy atom. The van der Waals surface area contributed by atoms with E-state index in [1.807, 2.05) is 30.3 Å². The summed E-state index contributed by atoms with van der Waals surface area (Å²) in [5, 5.41) is 0. The minimum atomic E-state index is -0.725.